The number of aliphatic hydroxyl groups is 1. The van der Waals surface area contributed by atoms with Gasteiger partial charge in [-0.1, -0.05) is 36.4 Å². The number of allylic oxidation sites excluding steroid dienone is 1. The molecule has 154 valence electrons. The molecule has 1 saturated heterocycles. The van der Waals surface area contributed by atoms with Gasteiger partial charge in [-0.05, 0) is 31.9 Å². The number of likely N-dealkylation sites (tertiary alicyclic amines) is 1. The van der Waals surface area contributed by atoms with Crippen molar-refractivity contribution < 1.29 is 19.4 Å². The Morgan fingerprint density at radius 2 is 1.89 bits per heavy atom. The van der Waals surface area contributed by atoms with Gasteiger partial charge >= 0.3 is 0 Å². The van der Waals surface area contributed by atoms with E-state index in [1.807, 2.05) is 57.2 Å². The molecule has 0 spiro atoms. The first-order valence-electron chi connectivity index (χ1n) is 9.76. The number of rotatable bonds is 8. The van der Waals surface area contributed by atoms with Crippen LogP contribution in [-0.4, -0.2) is 71.7 Å². The standard InChI is InChI=1S/C22H32N2O4/c1-6-7-17-8-10-18(11-9-17)22-19(24(16(4)26)20(22)13-25)12-23(15(2)3)21(27)14-28-5/h6-11,15,19-20,22,25H,12-14H2,1-5H3/t19-,20+,22-/m1/s1. The van der Waals surface area contributed by atoms with E-state index >= 15 is 0 Å². The number of carbonyl (C=O) groups excluding carboxylic acids is 2. The second kappa shape index (κ2) is 9.85. The maximum absolute atomic E-state index is 12.5. The van der Waals surface area contributed by atoms with Gasteiger partial charge in [0.15, 0.2) is 0 Å². The lowest BCUT2D eigenvalue weighted by atomic mass is 9.74. The van der Waals surface area contributed by atoms with Crippen LogP contribution in [0.4, 0.5) is 0 Å². The normalized spacial score (nSPS) is 21.8. The molecule has 6 heteroatoms. The fourth-order valence-corrected chi connectivity index (χ4v) is 4.09. The van der Waals surface area contributed by atoms with Gasteiger partial charge in [0.1, 0.15) is 6.61 Å². The number of nitrogens with zero attached hydrogens (tertiary/aromatic N) is 2. The quantitative estimate of drug-likeness (QED) is 0.742. The minimum atomic E-state index is -0.276. The number of amides is 2. The summed E-state index contributed by atoms with van der Waals surface area (Å²) in [7, 11) is 1.50. The number of ether oxygens (including phenoxy) is 1. The van der Waals surface area contributed by atoms with Crippen LogP contribution >= 0.6 is 0 Å². The van der Waals surface area contributed by atoms with Gasteiger partial charge in [0.25, 0.3) is 0 Å². The van der Waals surface area contributed by atoms with E-state index in [0.717, 1.165) is 11.1 Å². The highest BCUT2D eigenvalue weighted by Gasteiger charge is 2.51. The number of carbonyl (C=O) groups is 2. The van der Waals surface area contributed by atoms with Crippen LogP contribution in [0, 0.1) is 0 Å². The Balaban J connectivity index is 2.32. The van der Waals surface area contributed by atoms with Crippen molar-refractivity contribution >= 4 is 17.9 Å². The van der Waals surface area contributed by atoms with E-state index in [2.05, 4.69) is 0 Å². The monoisotopic (exact) mass is 388 g/mol. The van der Waals surface area contributed by atoms with Crippen molar-refractivity contribution in [3.63, 3.8) is 0 Å². The molecule has 0 radical (unpaired) electrons. The molecule has 2 amide bonds. The fraction of sp³-hybridized carbons (Fsp3) is 0.545. The molecule has 1 fully saturated rings. The zero-order chi connectivity index (χ0) is 20.8. The predicted octanol–water partition coefficient (Wildman–Crippen LogP) is 2.28. The molecule has 0 saturated carbocycles. The van der Waals surface area contributed by atoms with Gasteiger partial charge in [-0.3, -0.25) is 9.59 Å². The summed E-state index contributed by atoms with van der Waals surface area (Å²) >= 11 is 0. The van der Waals surface area contributed by atoms with E-state index in [9.17, 15) is 14.7 Å². The third-order valence-electron chi connectivity index (χ3n) is 5.37. The van der Waals surface area contributed by atoms with E-state index < -0.39 is 0 Å². The highest BCUT2D eigenvalue weighted by molar-refractivity contribution is 5.79. The molecule has 0 aliphatic carbocycles. The Kier molecular flexibility index (Phi) is 7.78. The average molecular weight is 389 g/mol. The smallest absolute Gasteiger partial charge is 0.248 e. The van der Waals surface area contributed by atoms with Crippen LogP contribution < -0.4 is 0 Å². The van der Waals surface area contributed by atoms with Gasteiger partial charge in [0.2, 0.25) is 11.8 Å². The first kappa shape index (κ1) is 22.1. The third-order valence-corrected chi connectivity index (χ3v) is 5.37. The number of methoxy groups -OCH3 is 1. The van der Waals surface area contributed by atoms with Crippen molar-refractivity contribution in [2.24, 2.45) is 0 Å². The van der Waals surface area contributed by atoms with E-state index in [-0.39, 0.29) is 49.1 Å². The number of benzene rings is 1. The van der Waals surface area contributed by atoms with Crippen molar-refractivity contribution in [3.8, 4) is 0 Å². The summed E-state index contributed by atoms with van der Waals surface area (Å²) in [6.45, 7) is 7.71. The van der Waals surface area contributed by atoms with Crippen molar-refractivity contribution in [2.45, 2.75) is 51.7 Å². The Morgan fingerprint density at radius 1 is 1.25 bits per heavy atom. The first-order chi connectivity index (χ1) is 13.3. The van der Waals surface area contributed by atoms with Gasteiger partial charge in [-0.25, -0.2) is 0 Å². The van der Waals surface area contributed by atoms with Gasteiger partial charge < -0.3 is 19.6 Å². The molecule has 1 heterocycles. The summed E-state index contributed by atoms with van der Waals surface area (Å²) in [5.41, 5.74) is 2.17. The summed E-state index contributed by atoms with van der Waals surface area (Å²) in [5.74, 6) is -0.213. The summed E-state index contributed by atoms with van der Waals surface area (Å²) in [4.78, 5) is 28.2. The molecule has 0 bridgehead atoms. The summed E-state index contributed by atoms with van der Waals surface area (Å²) < 4.78 is 5.01. The van der Waals surface area contributed by atoms with Crippen molar-refractivity contribution in [1.82, 2.24) is 9.80 Å². The maximum Gasteiger partial charge on any atom is 0.248 e. The minimum absolute atomic E-state index is 0.0110. The van der Waals surface area contributed by atoms with E-state index in [0.29, 0.717) is 6.54 Å². The van der Waals surface area contributed by atoms with E-state index in [1.165, 1.54) is 14.0 Å². The molecule has 2 rings (SSSR count). The molecule has 0 unspecified atom stereocenters. The Hall–Kier alpha value is -2.18. The van der Waals surface area contributed by atoms with Crippen molar-refractivity contribution in [1.29, 1.82) is 0 Å². The fourth-order valence-electron chi connectivity index (χ4n) is 4.09. The lowest BCUT2D eigenvalue weighted by Gasteiger charge is -2.56. The van der Waals surface area contributed by atoms with Gasteiger partial charge in [-0.15, -0.1) is 0 Å². The summed E-state index contributed by atoms with van der Waals surface area (Å²) in [6.07, 6.45) is 4.01. The lowest BCUT2D eigenvalue weighted by molar-refractivity contribution is -0.154. The van der Waals surface area contributed by atoms with Crippen LogP contribution in [0.1, 0.15) is 44.7 Å². The minimum Gasteiger partial charge on any atom is -0.394 e. The zero-order valence-electron chi connectivity index (χ0n) is 17.5. The van der Waals surface area contributed by atoms with Crippen molar-refractivity contribution in [3.05, 3.63) is 41.5 Å². The second-order valence-corrected chi connectivity index (χ2v) is 7.51. The highest BCUT2D eigenvalue weighted by atomic mass is 16.5. The molecule has 1 aromatic rings. The molecule has 28 heavy (non-hydrogen) atoms. The molecule has 1 N–H and O–H groups in total. The van der Waals surface area contributed by atoms with E-state index in [1.54, 1.807) is 9.80 Å². The molecule has 3 atom stereocenters. The molecule has 1 aliphatic heterocycles. The third kappa shape index (κ3) is 4.62. The van der Waals surface area contributed by atoms with Gasteiger partial charge in [0.05, 0.1) is 18.7 Å². The van der Waals surface area contributed by atoms with Crippen LogP contribution in [0.15, 0.2) is 30.3 Å². The Morgan fingerprint density at radius 3 is 2.36 bits per heavy atom. The van der Waals surface area contributed by atoms with Crippen LogP contribution in [0.5, 0.6) is 0 Å². The molecule has 6 nitrogen and oxygen atoms in total. The predicted molar refractivity (Wildman–Crippen MR) is 110 cm³/mol. The van der Waals surface area contributed by atoms with Crippen LogP contribution in [-0.2, 0) is 14.3 Å². The van der Waals surface area contributed by atoms with Crippen LogP contribution in [0.3, 0.4) is 0 Å². The molecule has 0 aromatic heterocycles. The number of hydrogen-bond acceptors (Lipinski definition) is 4. The average Bonchev–Trinajstić information content (AvgIpc) is 2.62. The molecule has 1 aromatic carbocycles. The highest BCUT2D eigenvalue weighted by Crippen LogP contribution is 2.41. The topological polar surface area (TPSA) is 70.1 Å². The number of aliphatic hydroxyl groups excluding tert-OH is 1. The Bertz CT molecular complexity index is 699. The largest absolute Gasteiger partial charge is 0.394 e. The number of hydrogen-bond donors (Lipinski definition) is 1. The van der Waals surface area contributed by atoms with Crippen LogP contribution in [0.2, 0.25) is 0 Å². The van der Waals surface area contributed by atoms with Crippen LogP contribution in [0.25, 0.3) is 6.08 Å². The second-order valence-electron chi connectivity index (χ2n) is 7.51. The van der Waals surface area contributed by atoms with E-state index in [4.69, 9.17) is 4.74 Å². The van der Waals surface area contributed by atoms with Gasteiger partial charge in [-0.2, -0.15) is 0 Å². The lowest BCUT2D eigenvalue weighted by Crippen LogP contribution is -2.68. The SMILES string of the molecule is CC=Cc1ccc([C@@H]2[C@@H](CN(C(=O)COC)C(C)C)N(C(C)=O)[C@H]2CO)cc1. The summed E-state index contributed by atoms with van der Waals surface area (Å²) in [6, 6.07) is 7.70. The molecule has 1 aliphatic rings. The van der Waals surface area contributed by atoms with Crippen molar-refractivity contribution in [2.75, 3.05) is 26.9 Å². The maximum atomic E-state index is 12.5. The zero-order valence-corrected chi connectivity index (χ0v) is 17.5. The molecular weight excluding hydrogens is 356 g/mol. The summed E-state index contributed by atoms with van der Waals surface area (Å²) in [5, 5.41) is 9.92. The molecular formula is C22H32N2O4. The van der Waals surface area contributed by atoms with Gasteiger partial charge in [0, 0.05) is 32.5 Å². The Labute approximate surface area is 167 Å². The first-order valence-corrected chi connectivity index (χ1v) is 9.76.